The number of carbonyl (C=O) groups excluding carboxylic acids is 1. The van der Waals surface area contributed by atoms with E-state index >= 15 is 0 Å². The molecule has 0 saturated carbocycles. The number of hydrogen-bond donors (Lipinski definition) is 1. The molecular weight excluding hydrogens is 358 g/mol. The van der Waals surface area contributed by atoms with Gasteiger partial charge in [0.1, 0.15) is 0 Å². The fourth-order valence-electron chi connectivity index (χ4n) is 1.52. The van der Waals surface area contributed by atoms with Crippen LogP contribution < -0.4 is 5.32 Å². The van der Waals surface area contributed by atoms with Crippen molar-refractivity contribution in [3.8, 4) is 0 Å². The van der Waals surface area contributed by atoms with Crippen LogP contribution in [0.15, 0.2) is 57.5 Å². The number of halogens is 2. The van der Waals surface area contributed by atoms with Gasteiger partial charge in [0.15, 0.2) is 0 Å². The van der Waals surface area contributed by atoms with Gasteiger partial charge in [-0.1, -0.05) is 24.3 Å². The first-order valence-electron chi connectivity index (χ1n) is 5.44. The van der Waals surface area contributed by atoms with E-state index in [9.17, 15) is 4.79 Å². The molecule has 2 rings (SSSR count). The van der Waals surface area contributed by atoms with E-state index in [0.29, 0.717) is 12.1 Å². The van der Waals surface area contributed by atoms with Crippen LogP contribution in [0, 0.1) is 0 Å². The van der Waals surface area contributed by atoms with Crippen molar-refractivity contribution in [2.45, 2.75) is 6.54 Å². The molecule has 0 fully saturated rings. The summed E-state index contributed by atoms with van der Waals surface area (Å²) >= 11 is 6.85. The van der Waals surface area contributed by atoms with Crippen molar-refractivity contribution < 1.29 is 4.79 Å². The molecule has 18 heavy (non-hydrogen) atoms. The molecule has 0 atom stereocenters. The van der Waals surface area contributed by atoms with Gasteiger partial charge >= 0.3 is 0 Å². The summed E-state index contributed by atoms with van der Waals surface area (Å²) < 4.78 is 1.98. The minimum atomic E-state index is -0.0605. The van der Waals surface area contributed by atoms with Crippen LogP contribution in [0.1, 0.15) is 15.9 Å². The number of hydrogen-bond acceptors (Lipinski definition) is 1. The zero-order valence-corrected chi connectivity index (χ0v) is 12.7. The molecule has 2 nitrogen and oxygen atoms in total. The lowest BCUT2D eigenvalue weighted by Gasteiger charge is -2.06. The number of benzene rings is 2. The van der Waals surface area contributed by atoms with E-state index < -0.39 is 0 Å². The fourth-order valence-corrected chi connectivity index (χ4v) is 2.20. The smallest absolute Gasteiger partial charge is 0.251 e. The van der Waals surface area contributed by atoms with Crippen molar-refractivity contribution in [3.63, 3.8) is 0 Å². The largest absolute Gasteiger partial charge is 0.348 e. The Morgan fingerprint density at radius 2 is 1.72 bits per heavy atom. The maximum atomic E-state index is 11.8. The third-order valence-electron chi connectivity index (χ3n) is 2.47. The van der Waals surface area contributed by atoms with Crippen LogP contribution in [-0.2, 0) is 6.54 Å². The highest BCUT2D eigenvalue weighted by Gasteiger charge is 2.04. The van der Waals surface area contributed by atoms with Crippen LogP contribution in [0.25, 0.3) is 0 Å². The molecule has 0 aliphatic carbocycles. The number of rotatable bonds is 3. The first-order chi connectivity index (χ1) is 8.66. The normalized spacial score (nSPS) is 10.1. The first-order valence-corrected chi connectivity index (χ1v) is 7.02. The topological polar surface area (TPSA) is 29.1 Å². The molecule has 1 amide bonds. The Bertz CT molecular complexity index is 555. The number of carbonyl (C=O) groups is 1. The molecule has 0 aliphatic heterocycles. The van der Waals surface area contributed by atoms with Gasteiger partial charge in [0.2, 0.25) is 0 Å². The standard InChI is InChI=1S/C14H11Br2NO/c15-12-7-6-10(8-13(12)16)9-17-14(18)11-4-2-1-3-5-11/h1-8H,9H2,(H,17,18). The maximum Gasteiger partial charge on any atom is 0.251 e. The van der Waals surface area contributed by atoms with Gasteiger partial charge in [0, 0.05) is 21.1 Å². The van der Waals surface area contributed by atoms with Gasteiger partial charge < -0.3 is 5.32 Å². The lowest BCUT2D eigenvalue weighted by molar-refractivity contribution is 0.0951. The Morgan fingerprint density at radius 1 is 1.00 bits per heavy atom. The van der Waals surface area contributed by atoms with Gasteiger partial charge in [0.25, 0.3) is 5.91 Å². The highest BCUT2D eigenvalue weighted by atomic mass is 79.9. The molecular formula is C14H11Br2NO. The van der Waals surface area contributed by atoms with Gasteiger partial charge in [-0.3, -0.25) is 4.79 Å². The molecule has 0 saturated heterocycles. The van der Waals surface area contributed by atoms with Crippen LogP contribution in [0.3, 0.4) is 0 Å². The SMILES string of the molecule is O=C(NCc1ccc(Br)c(Br)c1)c1ccccc1. The predicted molar refractivity (Wildman–Crippen MR) is 79.5 cm³/mol. The molecule has 0 heterocycles. The third-order valence-corrected chi connectivity index (χ3v) is 4.35. The predicted octanol–water partition coefficient (Wildman–Crippen LogP) is 4.14. The van der Waals surface area contributed by atoms with Crippen molar-refractivity contribution in [2.75, 3.05) is 0 Å². The van der Waals surface area contributed by atoms with E-state index in [0.717, 1.165) is 14.5 Å². The Balaban J connectivity index is 1.99. The molecule has 2 aromatic rings. The van der Waals surface area contributed by atoms with Gasteiger partial charge in [0.05, 0.1) is 0 Å². The van der Waals surface area contributed by atoms with Crippen LogP contribution in [0.2, 0.25) is 0 Å². The zero-order chi connectivity index (χ0) is 13.0. The van der Waals surface area contributed by atoms with Crippen molar-refractivity contribution in [1.29, 1.82) is 0 Å². The van der Waals surface area contributed by atoms with Gasteiger partial charge in [-0.2, -0.15) is 0 Å². The van der Waals surface area contributed by atoms with E-state index in [-0.39, 0.29) is 5.91 Å². The van der Waals surface area contributed by atoms with Crippen LogP contribution in [0.4, 0.5) is 0 Å². The second kappa shape index (κ2) is 6.16. The Kier molecular flexibility index (Phi) is 4.55. The van der Waals surface area contributed by atoms with Crippen LogP contribution >= 0.6 is 31.9 Å². The lowest BCUT2D eigenvalue weighted by atomic mass is 10.2. The molecule has 0 aromatic heterocycles. The molecule has 4 heteroatoms. The number of amides is 1. The van der Waals surface area contributed by atoms with E-state index in [1.165, 1.54) is 0 Å². The zero-order valence-electron chi connectivity index (χ0n) is 9.49. The van der Waals surface area contributed by atoms with E-state index in [1.54, 1.807) is 12.1 Å². The third kappa shape index (κ3) is 3.43. The molecule has 2 aromatic carbocycles. The van der Waals surface area contributed by atoms with Gasteiger partial charge in [-0.05, 0) is 61.7 Å². The summed E-state index contributed by atoms with van der Waals surface area (Å²) in [4.78, 5) is 11.8. The first kappa shape index (κ1) is 13.3. The van der Waals surface area contributed by atoms with E-state index in [1.807, 2.05) is 36.4 Å². The summed E-state index contributed by atoms with van der Waals surface area (Å²) in [5.41, 5.74) is 1.73. The summed E-state index contributed by atoms with van der Waals surface area (Å²) in [6, 6.07) is 15.1. The summed E-state index contributed by atoms with van der Waals surface area (Å²) in [6.45, 7) is 0.513. The fraction of sp³-hybridized carbons (Fsp3) is 0.0714. The second-order valence-electron chi connectivity index (χ2n) is 3.80. The molecule has 1 N–H and O–H groups in total. The highest BCUT2D eigenvalue weighted by Crippen LogP contribution is 2.23. The van der Waals surface area contributed by atoms with Crippen molar-refractivity contribution in [3.05, 3.63) is 68.6 Å². The molecule has 0 radical (unpaired) electrons. The Labute approximate surface area is 123 Å². The average Bonchev–Trinajstić information content (AvgIpc) is 2.41. The quantitative estimate of drug-likeness (QED) is 0.866. The summed E-state index contributed by atoms with van der Waals surface area (Å²) in [5, 5.41) is 2.89. The Morgan fingerprint density at radius 3 is 2.39 bits per heavy atom. The van der Waals surface area contributed by atoms with Gasteiger partial charge in [-0.15, -0.1) is 0 Å². The van der Waals surface area contributed by atoms with Crippen LogP contribution in [-0.4, -0.2) is 5.91 Å². The summed E-state index contributed by atoms with van der Waals surface area (Å²) in [6.07, 6.45) is 0. The van der Waals surface area contributed by atoms with Gasteiger partial charge in [-0.25, -0.2) is 0 Å². The van der Waals surface area contributed by atoms with Crippen molar-refractivity contribution >= 4 is 37.8 Å². The van der Waals surface area contributed by atoms with Crippen molar-refractivity contribution in [2.24, 2.45) is 0 Å². The van der Waals surface area contributed by atoms with Crippen LogP contribution in [0.5, 0.6) is 0 Å². The summed E-state index contributed by atoms with van der Waals surface area (Å²) in [7, 11) is 0. The second-order valence-corrected chi connectivity index (χ2v) is 5.51. The lowest BCUT2D eigenvalue weighted by Crippen LogP contribution is -2.22. The monoisotopic (exact) mass is 367 g/mol. The average molecular weight is 369 g/mol. The Hall–Kier alpha value is -1.13. The highest BCUT2D eigenvalue weighted by molar-refractivity contribution is 9.13. The minimum Gasteiger partial charge on any atom is -0.348 e. The molecule has 0 bridgehead atoms. The molecule has 0 spiro atoms. The van der Waals surface area contributed by atoms with E-state index in [2.05, 4.69) is 37.2 Å². The van der Waals surface area contributed by atoms with Crippen molar-refractivity contribution in [1.82, 2.24) is 5.32 Å². The minimum absolute atomic E-state index is 0.0605. The molecule has 92 valence electrons. The summed E-state index contributed by atoms with van der Waals surface area (Å²) in [5.74, 6) is -0.0605. The molecule has 0 unspecified atom stereocenters. The van der Waals surface area contributed by atoms with E-state index in [4.69, 9.17) is 0 Å². The maximum absolute atomic E-state index is 11.8. The number of nitrogens with one attached hydrogen (secondary N) is 1. The molecule has 0 aliphatic rings.